The lowest BCUT2D eigenvalue weighted by Gasteiger charge is -2.14. The molecule has 3 nitrogen and oxygen atoms in total. The first-order chi connectivity index (χ1) is 6.74. The lowest BCUT2D eigenvalue weighted by Crippen LogP contribution is -2.28. The Morgan fingerprint density at radius 1 is 1.36 bits per heavy atom. The van der Waals surface area contributed by atoms with Crippen molar-refractivity contribution in [3.05, 3.63) is 30.3 Å². The summed E-state index contributed by atoms with van der Waals surface area (Å²) in [5.41, 5.74) is 0.760. The number of urea groups is 1. The van der Waals surface area contributed by atoms with Gasteiger partial charge in [-0.15, -0.1) is 0 Å². The van der Waals surface area contributed by atoms with Gasteiger partial charge >= 0.3 is 6.03 Å². The highest BCUT2D eigenvalue weighted by molar-refractivity contribution is 7.80. The van der Waals surface area contributed by atoms with Crippen LogP contribution >= 0.6 is 25.4 Å². The summed E-state index contributed by atoms with van der Waals surface area (Å²) >= 11 is 8.02. The van der Waals surface area contributed by atoms with E-state index in [9.17, 15) is 4.79 Å². The summed E-state index contributed by atoms with van der Waals surface area (Å²) in [4.78, 5) is 11.4. The Morgan fingerprint density at radius 3 is 2.57 bits per heavy atom. The van der Waals surface area contributed by atoms with Crippen molar-refractivity contribution in [1.29, 1.82) is 0 Å². The topological polar surface area (TPSA) is 32.3 Å². The van der Waals surface area contributed by atoms with Gasteiger partial charge in [-0.25, -0.2) is 4.79 Å². The minimum absolute atomic E-state index is 0.242. The molecule has 0 spiro atoms. The smallest absolute Gasteiger partial charge is 0.307 e. The van der Waals surface area contributed by atoms with Crippen molar-refractivity contribution in [3.8, 4) is 0 Å². The standard InChI is InChI=1S/C9H12N2OS2/c12-9(11(14)6-7-13)10-8-4-2-1-3-5-8/h1-5,13-14H,6-7H2,(H,10,12). The molecule has 0 saturated carbocycles. The average molecular weight is 228 g/mol. The van der Waals surface area contributed by atoms with Gasteiger partial charge in [-0.1, -0.05) is 31.0 Å². The molecule has 5 heteroatoms. The third kappa shape index (κ3) is 3.51. The molecule has 0 aliphatic heterocycles. The Bertz CT molecular complexity index is 292. The summed E-state index contributed by atoms with van der Waals surface area (Å²) < 4.78 is 1.29. The molecule has 0 aliphatic rings. The Kier molecular flexibility index (Phi) is 4.69. The van der Waals surface area contributed by atoms with Crippen molar-refractivity contribution < 1.29 is 4.79 Å². The number of carbonyl (C=O) groups is 1. The van der Waals surface area contributed by atoms with Crippen molar-refractivity contribution >= 4 is 37.2 Å². The Balaban J connectivity index is 2.49. The maximum Gasteiger partial charge on any atom is 0.331 e. The monoisotopic (exact) mass is 228 g/mol. The zero-order chi connectivity index (χ0) is 10.4. The second-order valence-corrected chi connectivity index (χ2v) is 3.57. The normalized spacial score (nSPS) is 9.57. The van der Waals surface area contributed by atoms with E-state index in [0.29, 0.717) is 12.3 Å². The van der Waals surface area contributed by atoms with E-state index in [-0.39, 0.29) is 6.03 Å². The first-order valence-electron chi connectivity index (χ1n) is 4.17. The van der Waals surface area contributed by atoms with Crippen molar-refractivity contribution in [1.82, 2.24) is 4.31 Å². The summed E-state index contributed by atoms with van der Waals surface area (Å²) in [6.07, 6.45) is 0. The largest absolute Gasteiger partial charge is 0.331 e. The molecule has 0 fully saturated rings. The predicted molar refractivity (Wildman–Crippen MR) is 65.0 cm³/mol. The molecule has 1 aromatic carbocycles. The van der Waals surface area contributed by atoms with Crippen molar-refractivity contribution in [2.45, 2.75) is 0 Å². The van der Waals surface area contributed by atoms with Crippen LogP contribution in [0.3, 0.4) is 0 Å². The number of para-hydroxylation sites is 1. The van der Waals surface area contributed by atoms with Gasteiger partial charge in [0.05, 0.1) is 0 Å². The van der Waals surface area contributed by atoms with Crippen LogP contribution in [0.15, 0.2) is 30.3 Å². The van der Waals surface area contributed by atoms with Crippen LogP contribution in [-0.4, -0.2) is 22.6 Å². The van der Waals surface area contributed by atoms with Crippen molar-refractivity contribution in [2.75, 3.05) is 17.6 Å². The summed E-state index contributed by atoms with van der Waals surface area (Å²) in [6, 6.07) is 9.00. The van der Waals surface area contributed by atoms with Crippen LogP contribution in [0.2, 0.25) is 0 Å². The minimum Gasteiger partial charge on any atom is -0.307 e. The predicted octanol–water partition coefficient (Wildman–Crippen LogP) is 2.30. The number of carbonyl (C=O) groups excluding carboxylic acids is 1. The molecule has 0 radical (unpaired) electrons. The molecule has 1 N–H and O–H groups in total. The van der Waals surface area contributed by atoms with Crippen LogP contribution in [0.1, 0.15) is 0 Å². The Hall–Kier alpha value is -0.810. The van der Waals surface area contributed by atoms with Gasteiger partial charge < -0.3 is 5.32 Å². The quantitative estimate of drug-likeness (QED) is 0.681. The molecular formula is C9H12N2OS2. The molecule has 76 valence electrons. The molecule has 0 bridgehead atoms. The summed E-state index contributed by atoms with van der Waals surface area (Å²) in [7, 11) is 0. The zero-order valence-corrected chi connectivity index (χ0v) is 9.34. The molecule has 1 aromatic rings. The van der Waals surface area contributed by atoms with E-state index in [1.54, 1.807) is 0 Å². The molecular weight excluding hydrogens is 216 g/mol. The highest BCUT2D eigenvalue weighted by Gasteiger charge is 2.07. The highest BCUT2D eigenvalue weighted by Crippen LogP contribution is 2.07. The maximum atomic E-state index is 11.4. The van der Waals surface area contributed by atoms with Crippen LogP contribution in [0, 0.1) is 0 Å². The van der Waals surface area contributed by atoms with E-state index in [1.807, 2.05) is 30.3 Å². The fourth-order valence-electron chi connectivity index (χ4n) is 0.906. The number of anilines is 1. The SMILES string of the molecule is O=C(Nc1ccccc1)N(S)CCS. The van der Waals surface area contributed by atoms with E-state index in [0.717, 1.165) is 5.69 Å². The van der Waals surface area contributed by atoms with E-state index in [1.165, 1.54) is 4.31 Å². The lowest BCUT2D eigenvalue weighted by molar-refractivity contribution is 0.240. The van der Waals surface area contributed by atoms with E-state index in [4.69, 9.17) is 0 Å². The van der Waals surface area contributed by atoms with Crippen LogP contribution in [0.25, 0.3) is 0 Å². The van der Waals surface area contributed by atoms with Crippen LogP contribution in [-0.2, 0) is 0 Å². The highest BCUT2D eigenvalue weighted by atomic mass is 32.1. The number of hydrogen-bond acceptors (Lipinski definition) is 3. The minimum atomic E-state index is -0.242. The number of nitrogens with zero attached hydrogens (tertiary/aromatic N) is 1. The molecule has 0 aliphatic carbocycles. The van der Waals surface area contributed by atoms with Gasteiger partial charge in [0.2, 0.25) is 0 Å². The third-order valence-electron chi connectivity index (χ3n) is 1.57. The van der Waals surface area contributed by atoms with Crippen molar-refractivity contribution in [2.24, 2.45) is 0 Å². The molecule has 0 aromatic heterocycles. The molecule has 0 heterocycles. The first kappa shape index (κ1) is 11.3. The van der Waals surface area contributed by atoms with Gasteiger partial charge in [0, 0.05) is 18.0 Å². The summed E-state index contributed by atoms with van der Waals surface area (Å²) in [5, 5.41) is 2.70. The van der Waals surface area contributed by atoms with E-state index >= 15 is 0 Å². The second kappa shape index (κ2) is 5.82. The second-order valence-electron chi connectivity index (χ2n) is 2.64. The van der Waals surface area contributed by atoms with Crippen LogP contribution in [0.4, 0.5) is 10.5 Å². The molecule has 0 unspecified atom stereocenters. The number of rotatable bonds is 3. The first-order valence-corrected chi connectivity index (χ1v) is 5.20. The number of benzene rings is 1. The van der Waals surface area contributed by atoms with Crippen LogP contribution < -0.4 is 5.32 Å². The summed E-state index contributed by atoms with van der Waals surface area (Å²) in [6.45, 7) is 0.505. The van der Waals surface area contributed by atoms with Gasteiger partial charge in [0.15, 0.2) is 0 Å². The van der Waals surface area contributed by atoms with Gasteiger partial charge in [-0.3, -0.25) is 4.31 Å². The van der Waals surface area contributed by atoms with Gasteiger partial charge in [-0.05, 0) is 12.1 Å². The van der Waals surface area contributed by atoms with Crippen LogP contribution in [0.5, 0.6) is 0 Å². The number of nitrogens with one attached hydrogen (secondary N) is 1. The molecule has 0 atom stereocenters. The fourth-order valence-corrected chi connectivity index (χ4v) is 1.41. The molecule has 1 rings (SSSR count). The fraction of sp³-hybridized carbons (Fsp3) is 0.222. The Labute approximate surface area is 94.4 Å². The van der Waals surface area contributed by atoms with Gasteiger partial charge in [0.25, 0.3) is 0 Å². The lowest BCUT2D eigenvalue weighted by atomic mass is 10.3. The number of amides is 2. The maximum absolute atomic E-state index is 11.4. The zero-order valence-electron chi connectivity index (χ0n) is 7.55. The average Bonchev–Trinajstić information content (AvgIpc) is 2.19. The van der Waals surface area contributed by atoms with E-state index in [2.05, 4.69) is 30.8 Å². The van der Waals surface area contributed by atoms with E-state index < -0.39 is 0 Å². The number of hydrogen-bond donors (Lipinski definition) is 3. The Morgan fingerprint density at radius 2 is 2.00 bits per heavy atom. The van der Waals surface area contributed by atoms with Gasteiger partial charge in [0.1, 0.15) is 0 Å². The third-order valence-corrected chi connectivity index (χ3v) is 2.15. The van der Waals surface area contributed by atoms with Gasteiger partial charge in [-0.2, -0.15) is 12.6 Å². The molecule has 14 heavy (non-hydrogen) atoms. The van der Waals surface area contributed by atoms with Crippen molar-refractivity contribution in [3.63, 3.8) is 0 Å². The number of thiol groups is 2. The molecule has 0 saturated heterocycles. The summed E-state index contributed by atoms with van der Waals surface area (Å²) in [5.74, 6) is 0.589. The molecule has 2 amide bonds.